The number of carbonyl (C=O) groups excluding carboxylic acids is 1. The molecule has 0 bridgehead atoms. The second kappa shape index (κ2) is 6.00. The van der Waals surface area contributed by atoms with Gasteiger partial charge in [-0.25, -0.2) is 0 Å². The predicted molar refractivity (Wildman–Crippen MR) is 56.1 cm³/mol. The number of amides is 1. The van der Waals surface area contributed by atoms with Crippen molar-refractivity contribution in [2.24, 2.45) is 0 Å². The van der Waals surface area contributed by atoms with E-state index in [0.29, 0.717) is 18.8 Å². The molecule has 0 radical (unpaired) electrons. The SMILES string of the molecule is O=C(CCCCl)NCc1cccs1. The van der Waals surface area contributed by atoms with Gasteiger partial charge in [0.1, 0.15) is 0 Å². The van der Waals surface area contributed by atoms with Crippen molar-refractivity contribution in [1.29, 1.82) is 0 Å². The van der Waals surface area contributed by atoms with Gasteiger partial charge in [0.05, 0.1) is 6.54 Å². The zero-order valence-corrected chi connectivity index (χ0v) is 8.83. The number of rotatable bonds is 5. The fourth-order valence-electron chi connectivity index (χ4n) is 0.915. The van der Waals surface area contributed by atoms with Gasteiger partial charge in [-0.05, 0) is 17.9 Å². The maximum absolute atomic E-state index is 11.1. The molecule has 0 saturated heterocycles. The molecule has 1 heterocycles. The van der Waals surface area contributed by atoms with E-state index in [1.807, 2.05) is 17.5 Å². The van der Waals surface area contributed by atoms with Crippen molar-refractivity contribution in [1.82, 2.24) is 5.32 Å². The minimum Gasteiger partial charge on any atom is -0.351 e. The van der Waals surface area contributed by atoms with Crippen LogP contribution >= 0.6 is 22.9 Å². The molecule has 0 spiro atoms. The lowest BCUT2D eigenvalue weighted by Gasteiger charge is -2.01. The third-order valence-corrected chi connectivity index (χ3v) is 2.72. The normalized spacial score (nSPS) is 9.92. The smallest absolute Gasteiger partial charge is 0.220 e. The molecule has 0 fully saturated rings. The van der Waals surface area contributed by atoms with E-state index in [1.165, 1.54) is 4.88 Å². The number of carbonyl (C=O) groups is 1. The molecule has 0 aliphatic heterocycles. The van der Waals surface area contributed by atoms with E-state index >= 15 is 0 Å². The number of hydrogen-bond donors (Lipinski definition) is 1. The van der Waals surface area contributed by atoms with Crippen LogP contribution in [0.1, 0.15) is 17.7 Å². The Balaban J connectivity index is 2.15. The third kappa shape index (κ3) is 4.29. The van der Waals surface area contributed by atoms with Crippen LogP contribution in [-0.4, -0.2) is 11.8 Å². The standard InChI is InChI=1S/C9H12ClNOS/c10-5-1-4-9(12)11-7-8-3-2-6-13-8/h2-3,6H,1,4-5,7H2,(H,11,12). The van der Waals surface area contributed by atoms with Gasteiger partial charge in [-0.3, -0.25) is 4.79 Å². The summed E-state index contributed by atoms with van der Waals surface area (Å²) in [4.78, 5) is 12.3. The summed E-state index contributed by atoms with van der Waals surface area (Å²) in [5.74, 6) is 0.626. The molecular formula is C9H12ClNOS. The first kappa shape index (κ1) is 10.5. The Morgan fingerprint density at radius 2 is 2.46 bits per heavy atom. The number of hydrogen-bond acceptors (Lipinski definition) is 2. The van der Waals surface area contributed by atoms with E-state index in [2.05, 4.69) is 5.32 Å². The number of halogens is 1. The zero-order valence-electron chi connectivity index (χ0n) is 7.25. The summed E-state index contributed by atoms with van der Waals surface area (Å²) in [5, 5.41) is 4.83. The Hall–Kier alpha value is -0.540. The van der Waals surface area contributed by atoms with Crippen LogP contribution in [0, 0.1) is 0 Å². The van der Waals surface area contributed by atoms with Gasteiger partial charge < -0.3 is 5.32 Å². The van der Waals surface area contributed by atoms with E-state index in [1.54, 1.807) is 11.3 Å². The largest absolute Gasteiger partial charge is 0.351 e. The van der Waals surface area contributed by atoms with Crippen molar-refractivity contribution in [3.63, 3.8) is 0 Å². The second-order valence-electron chi connectivity index (χ2n) is 2.65. The second-order valence-corrected chi connectivity index (χ2v) is 4.06. The summed E-state index contributed by atoms with van der Waals surface area (Å²) in [6.07, 6.45) is 1.27. The highest BCUT2D eigenvalue weighted by atomic mass is 35.5. The lowest BCUT2D eigenvalue weighted by Crippen LogP contribution is -2.21. The highest BCUT2D eigenvalue weighted by Crippen LogP contribution is 2.07. The Bertz CT molecular complexity index is 248. The van der Waals surface area contributed by atoms with Crippen LogP contribution in [0.4, 0.5) is 0 Å². The Kier molecular flexibility index (Phi) is 4.86. The van der Waals surface area contributed by atoms with Gasteiger partial charge in [-0.15, -0.1) is 22.9 Å². The Morgan fingerprint density at radius 3 is 3.08 bits per heavy atom. The van der Waals surface area contributed by atoms with Crippen molar-refractivity contribution >= 4 is 28.8 Å². The molecule has 0 aliphatic rings. The molecule has 1 aromatic heterocycles. The number of thiophene rings is 1. The zero-order chi connectivity index (χ0) is 9.52. The van der Waals surface area contributed by atoms with Crippen LogP contribution in [0.5, 0.6) is 0 Å². The molecule has 0 aromatic carbocycles. The summed E-state index contributed by atoms with van der Waals surface area (Å²) >= 11 is 7.12. The van der Waals surface area contributed by atoms with E-state index in [-0.39, 0.29) is 5.91 Å². The first-order chi connectivity index (χ1) is 6.33. The molecule has 4 heteroatoms. The average Bonchev–Trinajstić information content (AvgIpc) is 2.64. The molecule has 0 atom stereocenters. The Morgan fingerprint density at radius 1 is 1.62 bits per heavy atom. The minimum absolute atomic E-state index is 0.0778. The molecular weight excluding hydrogens is 206 g/mol. The topological polar surface area (TPSA) is 29.1 Å². The minimum atomic E-state index is 0.0778. The maximum Gasteiger partial charge on any atom is 0.220 e. The summed E-state index contributed by atoms with van der Waals surface area (Å²) in [7, 11) is 0. The van der Waals surface area contributed by atoms with Gasteiger partial charge >= 0.3 is 0 Å². The monoisotopic (exact) mass is 217 g/mol. The van der Waals surface area contributed by atoms with E-state index in [4.69, 9.17) is 11.6 Å². The quantitative estimate of drug-likeness (QED) is 0.754. The van der Waals surface area contributed by atoms with Gasteiger partial charge in [0.15, 0.2) is 0 Å². The number of alkyl halides is 1. The molecule has 0 aliphatic carbocycles. The van der Waals surface area contributed by atoms with Crippen molar-refractivity contribution in [3.8, 4) is 0 Å². The van der Waals surface area contributed by atoms with Gasteiger partial charge in [0.2, 0.25) is 5.91 Å². The highest BCUT2D eigenvalue weighted by molar-refractivity contribution is 7.09. The van der Waals surface area contributed by atoms with E-state index in [9.17, 15) is 4.79 Å². The predicted octanol–water partition coefficient (Wildman–Crippen LogP) is 2.38. The summed E-state index contributed by atoms with van der Waals surface area (Å²) in [5.41, 5.74) is 0. The van der Waals surface area contributed by atoms with Crippen LogP contribution < -0.4 is 5.32 Å². The molecule has 1 rings (SSSR count). The van der Waals surface area contributed by atoms with Crippen molar-refractivity contribution in [3.05, 3.63) is 22.4 Å². The molecule has 2 nitrogen and oxygen atoms in total. The van der Waals surface area contributed by atoms with Crippen molar-refractivity contribution < 1.29 is 4.79 Å². The van der Waals surface area contributed by atoms with Gasteiger partial charge in [0, 0.05) is 17.2 Å². The summed E-state index contributed by atoms with van der Waals surface area (Å²) in [6.45, 7) is 0.638. The molecule has 72 valence electrons. The van der Waals surface area contributed by atoms with E-state index in [0.717, 1.165) is 6.42 Å². The lowest BCUT2D eigenvalue weighted by atomic mass is 10.3. The molecule has 1 N–H and O–H groups in total. The Labute approximate surface area is 86.9 Å². The lowest BCUT2D eigenvalue weighted by molar-refractivity contribution is -0.121. The van der Waals surface area contributed by atoms with Crippen LogP contribution in [0.2, 0.25) is 0 Å². The van der Waals surface area contributed by atoms with E-state index < -0.39 is 0 Å². The summed E-state index contributed by atoms with van der Waals surface area (Å²) < 4.78 is 0. The third-order valence-electron chi connectivity index (χ3n) is 1.58. The van der Waals surface area contributed by atoms with Crippen LogP contribution in [-0.2, 0) is 11.3 Å². The maximum atomic E-state index is 11.1. The van der Waals surface area contributed by atoms with Crippen molar-refractivity contribution in [2.45, 2.75) is 19.4 Å². The summed E-state index contributed by atoms with van der Waals surface area (Å²) in [6, 6.07) is 3.98. The highest BCUT2D eigenvalue weighted by Gasteiger charge is 2.00. The molecule has 1 amide bonds. The van der Waals surface area contributed by atoms with Crippen LogP contribution in [0.15, 0.2) is 17.5 Å². The molecule has 0 saturated carbocycles. The first-order valence-electron chi connectivity index (χ1n) is 4.18. The van der Waals surface area contributed by atoms with Crippen molar-refractivity contribution in [2.75, 3.05) is 5.88 Å². The average molecular weight is 218 g/mol. The van der Waals surface area contributed by atoms with Gasteiger partial charge in [-0.1, -0.05) is 6.07 Å². The molecule has 0 unspecified atom stereocenters. The number of nitrogens with one attached hydrogen (secondary N) is 1. The fraction of sp³-hybridized carbons (Fsp3) is 0.444. The van der Waals surface area contributed by atoms with Gasteiger partial charge in [0.25, 0.3) is 0 Å². The first-order valence-corrected chi connectivity index (χ1v) is 5.59. The van der Waals surface area contributed by atoms with Gasteiger partial charge in [-0.2, -0.15) is 0 Å². The fourth-order valence-corrected chi connectivity index (χ4v) is 1.69. The molecule has 13 heavy (non-hydrogen) atoms. The van der Waals surface area contributed by atoms with Crippen LogP contribution in [0.3, 0.4) is 0 Å². The van der Waals surface area contributed by atoms with Crippen LogP contribution in [0.25, 0.3) is 0 Å². The molecule has 1 aromatic rings.